The van der Waals surface area contributed by atoms with E-state index in [1.54, 1.807) is 12.1 Å². The van der Waals surface area contributed by atoms with Gasteiger partial charge >= 0.3 is 0 Å². The molecule has 1 aliphatic rings. The first-order valence-electron chi connectivity index (χ1n) is 13.2. The van der Waals surface area contributed by atoms with Gasteiger partial charge in [0, 0.05) is 10.5 Å². The van der Waals surface area contributed by atoms with Crippen LogP contribution in [0.4, 0.5) is 23.4 Å². The predicted molar refractivity (Wildman–Crippen MR) is 162 cm³/mol. The molecule has 2 aromatic heterocycles. The third kappa shape index (κ3) is 5.80. The molecular weight excluding hydrogens is 692 g/mol. The summed E-state index contributed by atoms with van der Waals surface area (Å²) < 4.78 is 86.2. The minimum atomic E-state index is -3.88. The SMILES string of the molecule is N[C@H](Cc1cc(F)cc(F)c1)c1nc2cc(Br)ccc2c(=O)n1-c1ccc(Cl)c2c(NS(=O)(=O)C3CC3)nn(CC(F)F)c12. The molecule has 0 radical (unpaired) electrons. The molecule has 3 N–H and O–H groups in total. The maximum absolute atomic E-state index is 14.1. The molecule has 0 amide bonds. The largest absolute Gasteiger partial charge is 0.321 e. The van der Waals surface area contributed by atoms with Gasteiger partial charge in [0.2, 0.25) is 10.0 Å². The summed E-state index contributed by atoms with van der Waals surface area (Å²) in [5, 5.41) is 3.62. The lowest BCUT2D eigenvalue weighted by atomic mass is 10.0. The van der Waals surface area contributed by atoms with Crippen LogP contribution < -0.4 is 16.0 Å². The molecule has 44 heavy (non-hydrogen) atoms. The highest BCUT2D eigenvalue weighted by atomic mass is 79.9. The number of anilines is 1. The molecule has 9 nitrogen and oxygen atoms in total. The highest BCUT2D eigenvalue weighted by Crippen LogP contribution is 2.38. The van der Waals surface area contributed by atoms with Crippen molar-refractivity contribution in [2.75, 3.05) is 4.72 Å². The summed E-state index contributed by atoms with van der Waals surface area (Å²) in [6.07, 6.45) is -2.19. The lowest BCUT2D eigenvalue weighted by Crippen LogP contribution is -2.30. The second-order valence-corrected chi connectivity index (χ2v) is 13.7. The molecular formula is C28H22BrClF4N6O3S. The van der Waals surface area contributed by atoms with Crippen molar-refractivity contribution in [3.63, 3.8) is 0 Å². The van der Waals surface area contributed by atoms with E-state index in [0.29, 0.717) is 23.4 Å². The van der Waals surface area contributed by atoms with Crippen molar-refractivity contribution >= 4 is 65.2 Å². The van der Waals surface area contributed by atoms with Gasteiger partial charge in [0.1, 0.15) is 24.0 Å². The van der Waals surface area contributed by atoms with Crippen molar-refractivity contribution < 1.29 is 26.0 Å². The first-order chi connectivity index (χ1) is 20.8. The highest BCUT2D eigenvalue weighted by molar-refractivity contribution is 9.10. The molecule has 0 aliphatic heterocycles. The van der Waals surface area contributed by atoms with Gasteiger partial charge in [0.15, 0.2) is 5.82 Å². The Morgan fingerprint density at radius 3 is 2.45 bits per heavy atom. The Bertz CT molecular complexity index is 2100. The Kier molecular flexibility index (Phi) is 7.93. The first kappa shape index (κ1) is 30.5. The number of nitrogens with one attached hydrogen (secondary N) is 1. The van der Waals surface area contributed by atoms with E-state index in [1.165, 1.54) is 18.2 Å². The van der Waals surface area contributed by atoms with Crippen molar-refractivity contribution in [3.05, 3.63) is 91.4 Å². The van der Waals surface area contributed by atoms with Crippen LogP contribution >= 0.6 is 27.5 Å². The Labute approximate surface area is 260 Å². The van der Waals surface area contributed by atoms with Gasteiger partial charge in [-0.2, -0.15) is 5.10 Å². The topological polar surface area (TPSA) is 125 Å². The van der Waals surface area contributed by atoms with Crippen LogP contribution in [0.25, 0.3) is 27.5 Å². The van der Waals surface area contributed by atoms with Crippen LogP contribution in [0.1, 0.15) is 30.3 Å². The van der Waals surface area contributed by atoms with E-state index in [2.05, 4.69) is 30.7 Å². The average Bonchev–Trinajstić information content (AvgIpc) is 3.73. The van der Waals surface area contributed by atoms with Crippen LogP contribution in [0.15, 0.2) is 57.8 Å². The number of benzene rings is 3. The van der Waals surface area contributed by atoms with E-state index in [-0.39, 0.29) is 56.1 Å². The Morgan fingerprint density at radius 2 is 1.80 bits per heavy atom. The number of alkyl halides is 2. The fourth-order valence-electron chi connectivity index (χ4n) is 5.11. The highest BCUT2D eigenvalue weighted by Gasteiger charge is 2.37. The van der Waals surface area contributed by atoms with Gasteiger partial charge in [-0.25, -0.2) is 31.0 Å². The van der Waals surface area contributed by atoms with Crippen molar-refractivity contribution in [1.29, 1.82) is 0 Å². The van der Waals surface area contributed by atoms with Gasteiger partial charge < -0.3 is 5.73 Å². The van der Waals surface area contributed by atoms with Gasteiger partial charge in [0.25, 0.3) is 12.0 Å². The van der Waals surface area contributed by atoms with Crippen molar-refractivity contribution in [2.45, 2.75) is 43.5 Å². The molecule has 5 aromatic rings. The zero-order chi connectivity index (χ0) is 31.5. The quantitative estimate of drug-likeness (QED) is 0.185. The third-order valence-corrected chi connectivity index (χ3v) is 9.78. The minimum Gasteiger partial charge on any atom is -0.321 e. The Balaban J connectivity index is 1.63. The monoisotopic (exact) mass is 712 g/mol. The van der Waals surface area contributed by atoms with Crippen molar-refractivity contribution in [1.82, 2.24) is 19.3 Å². The van der Waals surface area contributed by atoms with E-state index in [1.807, 2.05) is 0 Å². The van der Waals surface area contributed by atoms with E-state index in [0.717, 1.165) is 21.4 Å². The van der Waals surface area contributed by atoms with E-state index >= 15 is 0 Å². The standard InChI is InChI=1S/C28H22BrClF4N6O3S/c29-14-1-4-18-21(10-14)36-27(20(35)9-13-7-15(31)11-16(32)8-13)40(28(18)41)22-6-5-19(30)24-25(22)39(12-23(33)34)37-26(24)38-44(42,43)17-2-3-17/h1,4-8,10-11,17,20,23H,2-3,9,12,35H2,(H,37,38)/t20-/m1/s1. The van der Waals surface area contributed by atoms with Gasteiger partial charge in [-0.1, -0.05) is 27.5 Å². The van der Waals surface area contributed by atoms with Crippen LogP contribution in [0.2, 0.25) is 5.02 Å². The summed E-state index contributed by atoms with van der Waals surface area (Å²) in [5.41, 5.74) is 6.27. The van der Waals surface area contributed by atoms with Crippen LogP contribution in [0.5, 0.6) is 0 Å². The molecule has 2 heterocycles. The van der Waals surface area contributed by atoms with E-state index in [9.17, 15) is 30.8 Å². The number of fused-ring (bicyclic) bond motifs is 2. The van der Waals surface area contributed by atoms with Gasteiger partial charge in [-0.05, 0) is 67.3 Å². The predicted octanol–water partition coefficient (Wildman–Crippen LogP) is 5.84. The fraction of sp³-hybridized carbons (Fsp3) is 0.250. The zero-order valence-corrected chi connectivity index (χ0v) is 25.6. The van der Waals surface area contributed by atoms with Crippen LogP contribution in [-0.4, -0.2) is 39.4 Å². The summed E-state index contributed by atoms with van der Waals surface area (Å²) >= 11 is 9.86. The smallest absolute Gasteiger partial charge is 0.266 e. The summed E-state index contributed by atoms with van der Waals surface area (Å²) in [5.74, 6) is -1.97. The molecule has 1 fully saturated rings. The number of rotatable bonds is 9. The van der Waals surface area contributed by atoms with Crippen LogP contribution in [-0.2, 0) is 23.0 Å². The number of nitrogens with zero attached hydrogens (tertiary/aromatic N) is 4. The normalized spacial score (nSPS) is 14.5. The first-order valence-corrected chi connectivity index (χ1v) is 16.0. The number of aromatic nitrogens is 4. The molecule has 1 saturated carbocycles. The summed E-state index contributed by atoms with van der Waals surface area (Å²) in [4.78, 5) is 18.8. The van der Waals surface area contributed by atoms with E-state index < -0.39 is 51.5 Å². The minimum absolute atomic E-state index is 0.00684. The van der Waals surface area contributed by atoms with Crippen LogP contribution in [0, 0.1) is 11.6 Å². The van der Waals surface area contributed by atoms with Crippen LogP contribution in [0.3, 0.4) is 0 Å². The van der Waals surface area contributed by atoms with Crippen molar-refractivity contribution in [2.24, 2.45) is 5.73 Å². The zero-order valence-electron chi connectivity index (χ0n) is 22.4. The summed E-state index contributed by atoms with van der Waals surface area (Å²) in [7, 11) is -3.88. The molecule has 1 aliphatic carbocycles. The van der Waals surface area contributed by atoms with Gasteiger partial charge in [-0.3, -0.25) is 18.8 Å². The molecule has 1 atom stereocenters. The summed E-state index contributed by atoms with van der Waals surface area (Å²) in [6.45, 7) is -0.957. The molecule has 230 valence electrons. The third-order valence-electron chi connectivity index (χ3n) is 7.14. The maximum atomic E-state index is 14.1. The van der Waals surface area contributed by atoms with Crippen molar-refractivity contribution in [3.8, 4) is 5.69 Å². The number of hydrogen-bond acceptors (Lipinski definition) is 6. The Hall–Kier alpha value is -3.53. The molecule has 6 rings (SSSR count). The molecule has 0 saturated heterocycles. The molecule has 16 heteroatoms. The average molecular weight is 714 g/mol. The lowest BCUT2D eigenvalue weighted by Gasteiger charge is -2.20. The molecule has 3 aromatic carbocycles. The second-order valence-electron chi connectivity index (χ2n) is 10.4. The molecule has 0 bridgehead atoms. The lowest BCUT2D eigenvalue weighted by molar-refractivity contribution is 0.123. The number of nitrogens with two attached hydrogens (primary N) is 1. The van der Waals surface area contributed by atoms with Gasteiger partial charge in [0.05, 0.1) is 43.8 Å². The Morgan fingerprint density at radius 1 is 1.09 bits per heavy atom. The summed E-state index contributed by atoms with van der Waals surface area (Å²) in [6, 6.07) is 9.26. The number of hydrogen-bond donors (Lipinski definition) is 2. The molecule has 0 spiro atoms. The number of sulfonamides is 1. The van der Waals surface area contributed by atoms with E-state index in [4.69, 9.17) is 17.3 Å². The van der Waals surface area contributed by atoms with Gasteiger partial charge in [-0.15, -0.1) is 0 Å². The second kappa shape index (κ2) is 11.4. The fourth-order valence-corrected chi connectivity index (χ4v) is 7.03. The maximum Gasteiger partial charge on any atom is 0.266 e. The molecule has 0 unspecified atom stereocenters. The number of halogens is 6.